The van der Waals surface area contributed by atoms with Crippen molar-refractivity contribution < 1.29 is 9.21 Å². The van der Waals surface area contributed by atoms with Crippen LogP contribution >= 0.6 is 11.7 Å². The Kier molecular flexibility index (Phi) is 3.72. The van der Waals surface area contributed by atoms with Crippen LogP contribution in [0.2, 0.25) is 0 Å². The van der Waals surface area contributed by atoms with Gasteiger partial charge < -0.3 is 9.73 Å². The molecule has 0 aliphatic heterocycles. The Morgan fingerprint density at radius 3 is 2.88 bits per heavy atom. The molecule has 0 saturated carbocycles. The third-order valence-corrected chi connectivity index (χ3v) is 4.06. The van der Waals surface area contributed by atoms with Gasteiger partial charge in [-0.05, 0) is 24.3 Å². The maximum atomic E-state index is 12.4. The SMILES string of the molecule is O=C(NCc1nccnc1-c1ccoc1)c1ccc2nsnc2c1. The molecule has 3 aromatic heterocycles. The summed E-state index contributed by atoms with van der Waals surface area (Å²) in [5.74, 6) is -0.200. The molecule has 118 valence electrons. The second-order valence-corrected chi connectivity index (χ2v) is 5.54. The highest BCUT2D eigenvalue weighted by Gasteiger charge is 2.12. The number of carbonyl (C=O) groups is 1. The maximum Gasteiger partial charge on any atom is 0.251 e. The molecule has 0 spiro atoms. The number of hydrogen-bond donors (Lipinski definition) is 1. The average Bonchev–Trinajstić information content (AvgIpc) is 3.30. The van der Waals surface area contributed by atoms with Crippen LogP contribution in [0.25, 0.3) is 22.3 Å². The second-order valence-electron chi connectivity index (χ2n) is 5.01. The Morgan fingerprint density at radius 1 is 1.12 bits per heavy atom. The van der Waals surface area contributed by atoms with Crippen LogP contribution in [0.3, 0.4) is 0 Å². The lowest BCUT2D eigenvalue weighted by Crippen LogP contribution is -2.23. The van der Waals surface area contributed by atoms with E-state index in [1.165, 1.54) is 0 Å². The van der Waals surface area contributed by atoms with E-state index < -0.39 is 0 Å². The zero-order valence-corrected chi connectivity index (χ0v) is 13.2. The summed E-state index contributed by atoms with van der Waals surface area (Å²) in [6, 6.07) is 7.04. The van der Waals surface area contributed by atoms with Crippen molar-refractivity contribution in [2.24, 2.45) is 0 Å². The summed E-state index contributed by atoms with van der Waals surface area (Å²) < 4.78 is 13.4. The first-order chi connectivity index (χ1) is 11.8. The van der Waals surface area contributed by atoms with Crippen molar-refractivity contribution in [2.75, 3.05) is 0 Å². The molecule has 0 saturated heterocycles. The molecule has 4 aromatic rings. The van der Waals surface area contributed by atoms with Gasteiger partial charge in [0.15, 0.2) is 0 Å². The van der Waals surface area contributed by atoms with Gasteiger partial charge in [0.25, 0.3) is 5.91 Å². The normalized spacial score (nSPS) is 10.8. The van der Waals surface area contributed by atoms with Gasteiger partial charge in [0.1, 0.15) is 11.0 Å². The first-order valence-electron chi connectivity index (χ1n) is 7.14. The second kappa shape index (κ2) is 6.17. The van der Waals surface area contributed by atoms with Crippen LogP contribution in [0.1, 0.15) is 16.1 Å². The number of hydrogen-bond acceptors (Lipinski definition) is 7. The highest BCUT2D eigenvalue weighted by atomic mass is 32.1. The monoisotopic (exact) mass is 337 g/mol. The summed E-state index contributed by atoms with van der Waals surface area (Å²) in [7, 11) is 0. The van der Waals surface area contributed by atoms with Crippen molar-refractivity contribution in [1.29, 1.82) is 0 Å². The fourth-order valence-electron chi connectivity index (χ4n) is 2.33. The molecule has 1 aromatic carbocycles. The molecule has 4 rings (SSSR count). The van der Waals surface area contributed by atoms with Crippen molar-refractivity contribution in [3.8, 4) is 11.3 Å². The fraction of sp³-hybridized carbons (Fsp3) is 0.0625. The predicted molar refractivity (Wildman–Crippen MR) is 88.3 cm³/mol. The van der Waals surface area contributed by atoms with E-state index >= 15 is 0 Å². The molecule has 1 N–H and O–H groups in total. The van der Waals surface area contributed by atoms with Gasteiger partial charge >= 0.3 is 0 Å². The molecule has 0 aliphatic rings. The van der Waals surface area contributed by atoms with Gasteiger partial charge in [-0.1, -0.05) is 0 Å². The molecule has 0 bridgehead atoms. The molecule has 0 unspecified atom stereocenters. The quantitative estimate of drug-likeness (QED) is 0.615. The van der Waals surface area contributed by atoms with E-state index in [4.69, 9.17) is 4.42 Å². The lowest BCUT2D eigenvalue weighted by molar-refractivity contribution is 0.0950. The van der Waals surface area contributed by atoms with Gasteiger partial charge in [-0.2, -0.15) is 8.75 Å². The molecular formula is C16H11N5O2S. The third-order valence-electron chi connectivity index (χ3n) is 3.50. The van der Waals surface area contributed by atoms with Crippen LogP contribution in [0, 0.1) is 0 Å². The Bertz CT molecular complexity index is 997. The summed E-state index contributed by atoms with van der Waals surface area (Å²) >= 11 is 1.13. The van der Waals surface area contributed by atoms with Crippen molar-refractivity contribution in [3.05, 3.63) is 60.4 Å². The van der Waals surface area contributed by atoms with Crippen LogP contribution in [0.4, 0.5) is 0 Å². The largest absolute Gasteiger partial charge is 0.472 e. The van der Waals surface area contributed by atoms with E-state index in [1.54, 1.807) is 49.2 Å². The van der Waals surface area contributed by atoms with Gasteiger partial charge in [-0.3, -0.25) is 14.8 Å². The number of nitrogens with zero attached hydrogens (tertiary/aromatic N) is 4. The number of nitrogens with one attached hydrogen (secondary N) is 1. The van der Waals surface area contributed by atoms with Crippen LogP contribution in [-0.2, 0) is 6.54 Å². The van der Waals surface area contributed by atoms with Gasteiger partial charge in [0.2, 0.25) is 0 Å². The molecule has 24 heavy (non-hydrogen) atoms. The number of aromatic nitrogens is 4. The molecule has 0 fully saturated rings. The molecule has 0 radical (unpaired) electrons. The Hall–Kier alpha value is -3.13. The topological polar surface area (TPSA) is 93.8 Å². The first-order valence-corrected chi connectivity index (χ1v) is 7.87. The average molecular weight is 337 g/mol. The maximum absolute atomic E-state index is 12.4. The number of furan rings is 1. The Labute approximate surface area is 140 Å². The molecule has 1 amide bonds. The van der Waals surface area contributed by atoms with E-state index in [0.717, 1.165) is 22.8 Å². The van der Waals surface area contributed by atoms with E-state index in [9.17, 15) is 4.79 Å². The number of benzene rings is 1. The molecule has 3 heterocycles. The third kappa shape index (κ3) is 2.74. The van der Waals surface area contributed by atoms with Crippen molar-refractivity contribution in [1.82, 2.24) is 24.0 Å². The summed E-state index contributed by atoms with van der Waals surface area (Å²) in [6.07, 6.45) is 6.37. The minimum absolute atomic E-state index is 0.200. The van der Waals surface area contributed by atoms with Crippen LogP contribution in [0.15, 0.2) is 53.6 Å². The fourth-order valence-corrected chi connectivity index (χ4v) is 2.84. The van der Waals surface area contributed by atoms with Gasteiger partial charge in [-0.25, -0.2) is 0 Å². The zero-order valence-electron chi connectivity index (χ0n) is 12.3. The van der Waals surface area contributed by atoms with Crippen molar-refractivity contribution in [2.45, 2.75) is 6.54 Å². The summed E-state index contributed by atoms with van der Waals surface area (Å²) in [5, 5.41) is 2.86. The lowest BCUT2D eigenvalue weighted by atomic mass is 10.1. The summed E-state index contributed by atoms with van der Waals surface area (Å²) in [5.41, 5.74) is 4.21. The standard InChI is InChI=1S/C16H11N5O2S/c22-16(10-1-2-12-13(7-10)21-24-20-12)19-8-14-15(18-5-4-17-14)11-3-6-23-9-11/h1-7,9H,8H2,(H,19,22). The van der Waals surface area contributed by atoms with Gasteiger partial charge in [0.05, 0.1) is 42.2 Å². The van der Waals surface area contributed by atoms with Crippen LogP contribution in [0.5, 0.6) is 0 Å². The highest BCUT2D eigenvalue weighted by Crippen LogP contribution is 2.20. The summed E-state index contributed by atoms with van der Waals surface area (Å²) in [6.45, 7) is 0.264. The minimum atomic E-state index is -0.200. The van der Waals surface area contributed by atoms with Crippen molar-refractivity contribution >= 4 is 28.7 Å². The zero-order chi connectivity index (χ0) is 16.4. The number of fused-ring (bicyclic) bond motifs is 1. The molecule has 0 atom stereocenters. The van der Waals surface area contributed by atoms with Gasteiger partial charge in [-0.15, -0.1) is 0 Å². The smallest absolute Gasteiger partial charge is 0.251 e. The molecule has 0 aliphatic carbocycles. The Balaban J connectivity index is 1.53. The highest BCUT2D eigenvalue weighted by molar-refractivity contribution is 7.00. The van der Waals surface area contributed by atoms with E-state index in [-0.39, 0.29) is 12.5 Å². The summed E-state index contributed by atoms with van der Waals surface area (Å²) in [4.78, 5) is 21.0. The molecule has 8 heteroatoms. The van der Waals surface area contributed by atoms with Gasteiger partial charge in [0, 0.05) is 23.5 Å². The van der Waals surface area contributed by atoms with E-state index in [2.05, 4.69) is 24.0 Å². The Morgan fingerprint density at radius 2 is 2.00 bits per heavy atom. The van der Waals surface area contributed by atoms with E-state index in [1.807, 2.05) is 0 Å². The molecule has 7 nitrogen and oxygen atoms in total. The lowest BCUT2D eigenvalue weighted by Gasteiger charge is -2.07. The predicted octanol–water partition coefficient (Wildman–Crippen LogP) is 2.67. The van der Waals surface area contributed by atoms with Crippen LogP contribution in [-0.4, -0.2) is 24.6 Å². The molecular weight excluding hydrogens is 326 g/mol. The van der Waals surface area contributed by atoms with E-state index in [0.29, 0.717) is 22.5 Å². The van der Waals surface area contributed by atoms with Crippen LogP contribution < -0.4 is 5.32 Å². The number of rotatable bonds is 4. The van der Waals surface area contributed by atoms with Crippen molar-refractivity contribution in [3.63, 3.8) is 0 Å². The first kappa shape index (κ1) is 14.5. The number of amides is 1. The number of carbonyl (C=O) groups excluding carboxylic acids is 1. The minimum Gasteiger partial charge on any atom is -0.472 e.